The maximum atomic E-state index is 12.5. The predicted octanol–water partition coefficient (Wildman–Crippen LogP) is 4.06. The van der Waals surface area contributed by atoms with E-state index in [1.54, 1.807) is 12.3 Å². The van der Waals surface area contributed by atoms with Crippen molar-refractivity contribution in [3.05, 3.63) is 87.5 Å². The zero-order valence-electron chi connectivity index (χ0n) is 21.0. The molecule has 9 nitrogen and oxygen atoms in total. The first-order valence-electron chi connectivity index (χ1n) is 11.6. The number of aryl methyl sites for hydroxylation is 1. The average Bonchev–Trinajstić information content (AvgIpc) is 3.27. The van der Waals surface area contributed by atoms with Crippen molar-refractivity contribution < 1.29 is 50.6 Å². The molecule has 4 heterocycles. The number of carboxylic acid groups (broad SMARTS) is 2. The van der Waals surface area contributed by atoms with Gasteiger partial charge in [0.2, 0.25) is 0 Å². The van der Waals surface area contributed by atoms with Crippen molar-refractivity contribution >= 4 is 11.9 Å². The van der Waals surface area contributed by atoms with Gasteiger partial charge in [-0.3, -0.25) is 14.7 Å². The number of aromatic nitrogens is 2. The van der Waals surface area contributed by atoms with Crippen LogP contribution >= 0.6 is 0 Å². The lowest BCUT2D eigenvalue weighted by atomic mass is 10.1. The zero-order valence-corrected chi connectivity index (χ0v) is 21.0. The van der Waals surface area contributed by atoms with E-state index in [9.17, 15) is 31.1 Å². The van der Waals surface area contributed by atoms with Crippen molar-refractivity contribution in [3.8, 4) is 0 Å². The second-order valence-electron chi connectivity index (χ2n) is 8.46. The fourth-order valence-corrected chi connectivity index (χ4v) is 3.65. The van der Waals surface area contributed by atoms with Crippen LogP contribution in [-0.2, 0) is 35.5 Å². The van der Waals surface area contributed by atoms with E-state index in [0.717, 1.165) is 55.3 Å². The van der Waals surface area contributed by atoms with Gasteiger partial charge in [0.15, 0.2) is 0 Å². The van der Waals surface area contributed by atoms with E-state index in [-0.39, 0.29) is 5.56 Å². The summed E-state index contributed by atoms with van der Waals surface area (Å²) < 4.78 is 70.9. The van der Waals surface area contributed by atoms with E-state index in [1.807, 2.05) is 47.9 Å². The molecule has 3 aromatic heterocycles. The highest BCUT2D eigenvalue weighted by Crippen LogP contribution is 2.18. The van der Waals surface area contributed by atoms with Crippen LogP contribution in [0.25, 0.3) is 0 Å². The summed E-state index contributed by atoms with van der Waals surface area (Å²) in [6.45, 7) is 5.20. The van der Waals surface area contributed by atoms with Gasteiger partial charge in [-0.25, -0.2) is 9.59 Å². The Balaban J connectivity index is 0.000000333. The monoisotopic (exact) mass is 577 g/mol. The van der Waals surface area contributed by atoms with Gasteiger partial charge in [-0.15, -0.1) is 0 Å². The van der Waals surface area contributed by atoms with Gasteiger partial charge < -0.3 is 19.2 Å². The van der Waals surface area contributed by atoms with Crippen molar-refractivity contribution in [2.24, 2.45) is 0 Å². The van der Waals surface area contributed by atoms with Gasteiger partial charge >= 0.3 is 24.3 Å². The number of alkyl halides is 6. The van der Waals surface area contributed by atoms with Crippen molar-refractivity contribution in [1.29, 1.82) is 0 Å². The number of pyridine rings is 2. The Hall–Kier alpha value is -4.14. The Labute approximate surface area is 223 Å². The SMILES string of the molecule is Cc1cccc(Cn2c3c(ccc2=O)CCN(Cc2ccco2)CC3)n1.O=C(O)C(F)(F)F.O=C(O)C(F)(F)F. The molecule has 0 bridgehead atoms. The van der Waals surface area contributed by atoms with E-state index in [1.165, 1.54) is 5.56 Å². The molecule has 0 aliphatic carbocycles. The number of hydrogen-bond donors (Lipinski definition) is 2. The molecule has 218 valence electrons. The van der Waals surface area contributed by atoms with Crippen molar-refractivity contribution in [2.75, 3.05) is 13.1 Å². The molecule has 15 heteroatoms. The van der Waals surface area contributed by atoms with Crippen LogP contribution in [0, 0.1) is 6.92 Å². The fraction of sp³-hybridized carbons (Fsp3) is 0.360. The minimum absolute atomic E-state index is 0.0477. The number of aliphatic carboxylic acids is 2. The molecule has 1 aliphatic heterocycles. The van der Waals surface area contributed by atoms with E-state index in [4.69, 9.17) is 24.2 Å². The number of fused-ring (bicyclic) bond motifs is 1. The molecule has 0 aromatic carbocycles. The van der Waals surface area contributed by atoms with Crippen LogP contribution in [0.15, 0.2) is 57.9 Å². The molecule has 4 rings (SSSR count). The second kappa shape index (κ2) is 13.8. The topological polar surface area (TPSA) is 126 Å². The number of carbonyl (C=O) groups is 2. The van der Waals surface area contributed by atoms with Crippen LogP contribution in [-0.4, -0.2) is 62.0 Å². The van der Waals surface area contributed by atoms with Crippen LogP contribution in [0.3, 0.4) is 0 Å². The Morgan fingerprint density at radius 2 is 1.50 bits per heavy atom. The van der Waals surface area contributed by atoms with Crippen molar-refractivity contribution in [2.45, 2.75) is 45.2 Å². The molecule has 0 saturated carbocycles. The van der Waals surface area contributed by atoms with Crippen LogP contribution in [0.5, 0.6) is 0 Å². The van der Waals surface area contributed by atoms with Crippen LogP contribution in [0.4, 0.5) is 26.3 Å². The zero-order chi connectivity index (χ0) is 30.1. The fourth-order valence-electron chi connectivity index (χ4n) is 3.65. The lowest BCUT2D eigenvalue weighted by Crippen LogP contribution is -2.27. The number of rotatable bonds is 4. The third-order valence-corrected chi connectivity index (χ3v) is 5.46. The summed E-state index contributed by atoms with van der Waals surface area (Å²) in [5.74, 6) is -4.53. The molecule has 0 amide bonds. The van der Waals surface area contributed by atoms with Gasteiger partial charge in [0.1, 0.15) is 5.76 Å². The average molecular weight is 577 g/mol. The van der Waals surface area contributed by atoms with E-state index in [0.29, 0.717) is 6.54 Å². The third kappa shape index (κ3) is 10.2. The predicted molar refractivity (Wildman–Crippen MR) is 128 cm³/mol. The Morgan fingerprint density at radius 3 is 2.02 bits per heavy atom. The number of furan rings is 1. The molecule has 0 saturated heterocycles. The summed E-state index contributed by atoms with van der Waals surface area (Å²) in [6, 6.07) is 13.6. The molecule has 40 heavy (non-hydrogen) atoms. The molecule has 1 aliphatic rings. The van der Waals surface area contributed by atoms with Crippen LogP contribution < -0.4 is 5.56 Å². The number of carboxylic acids is 2. The maximum Gasteiger partial charge on any atom is 0.490 e. The highest BCUT2D eigenvalue weighted by atomic mass is 19.4. The van der Waals surface area contributed by atoms with Gasteiger partial charge in [-0.2, -0.15) is 26.3 Å². The molecule has 0 atom stereocenters. The minimum atomic E-state index is -5.08. The molecular formula is C25H25F6N3O6. The molecule has 2 N–H and O–H groups in total. The summed E-state index contributed by atoms with van der Waals surface area (Å²) in [5, 5.41) is 14.2. The smallest absolute Gasteiger partial charge is 0.475 e. The van der Waals surface area contributed by atoms with E-state index in [2.05, 4.69) is 9.88 Å². The van der Waals surface area contributed by atoms with Gasteiger partial charge in [0, 0.05) is 37.0 Å². The Bertz CT molecular complexity index is 1310. The number of nitrogens with zero attached hydrogens (tertiary/aromatic N) is 3. The molecule has 0 unspecified atom stereocenters. The van der Waals surface area contributed by atoms with E-state index < -0.39 is 24.3 Å². The van der Waals surface area contributed by atoms with Crippen molar-refractivity contribution in [1.82, 2.24) is 14.5 Å². The van der Waals surface area contributed by atoms with Gasteiger partial charge in [0.25, 0.3) is 5.56 Å². The Kier molecular flexibility index (Phi) is 11.0. The lowest BCUT2D eigenvalue weighted by Gasteiger charge is -2.18. The van der Waals surface area contributed by atoms with Gasteiger partial charge in [-0.05, 0) is 43.2 Å². The van der Waals surface area contributed by atoms with Crippen LogP contribution in [0.1, 0.15) is 28.4 Å². The largest absolute Gasteiger partial charge is 0.490 e. The molecule has 0 spiro atoms. The highest BCUT2D eigenvalue weighted by Gasteiger charge is 2.38. The van der Waals surface area contributed by atoms with Crippen molar-refractivity contribution in [3.63, 3.8) is 0 Å². The number of hydrogen-bond acceptors (Lipinski definition) is 6. The number of halogens is 6. The highest BCUT2D eigenvalue weighted by molar-refractivity contribution is 5.73. The molecule has 3 aromatic rings. The minimum Gasteiger partial charge on any atom is -0.475 e. The summed E-state index contributed by atoms with van der Waals surface area (Å²) in [6.07, 6.45) is -6.65. The third-order valence-electron chi connectivity index (χ3n) is 5.46. The van der Waals surface area contributed by atoms with Gasteiger partial charge in [0.05, 0.1) is 25.0 Å². The lowest BCUT2D eigenvalue weighted by molar-refractivity contribution is -0.193. The summed E-state index contributed by atoms with van der Waals surface area (Å²) in [7, 11) is 0. The quantitative estimate of drug-likeness (QED) is 0.445. The first-order chi connectivity index (χ1) is 18.6. The standard InChI is InChI=1S/C21H23N3O2.2C2HF3O2/c1-16-4-2-5-18(22-16)14-24-20-10-12-23(15-19-6-3-13-26-19)11-9-17(20)7-8-21(24)25;2*3-2(4,5)1(6)7/h2-8,13H,9-12,14-15H2,1H3;2*(H,6,7). The summed E-state index contributed by atoms with van der Waals surface area (Å²) in [5.41, 5.74) is 4.35. The first-order valence-corrected chi connectivity index (χ1v) is 11.6. The normalized spacial score (nSPS) is 13.6. The van der Waals surface area contributed by atoms with Crippen LogP contribution in [0.2, 0.25) is 0 Å². The molecular weight excluding hydrogens is 552 g/mol. The Morgan fingerprint density at radius 1 is 0.900 bits per heavy atom. The summed E-state index contributed by atoms with van der Waals surface area (Å²) in [4.78, 5) is 37.3. The summed E-state index contributed by atoms with van der Waals surface area (Å²) >= 11 is 0. The second-order valence-corrected chi connectivity index (χ2v) is 8.46. The molecule has 0 fully saturated rings. The van der Waals surface area contributed by atoms with E-state index >= 15 is 0 Å². The van der Waals surface area contributed by atoms with Gasteiger partial charge in [-0.1, -0.05) is 12.1 Å². The maximum absolute atomic E-state index is 12.5. The molecule has 0 radical (unpaired) electrons. The first kappa shape index (κ1) is 32.1.